The van der Waals surface area contributed by atoms with Crippen molar-refractivity contribution in [3.8, 4) is 0 Å². The smallest absolute Gasteiger partial charge is 0.235 e. The minimum absolute atomic E-state index is 0.00383. The van der Waals surface area contributed by atoms with E-state index in [0.29, 0.717) is 12.2 Å². The number of carbonyl (C=O) groups is 2. The molecule has 1 amide bonds. The Morgan fingerprint density at radius 2 is 1.95 bits per heavy atom. The van der Waals surface area contributed by atoms with E-state index in [1.54, 1.807) is 17.1 Å². The first kappa shape index (κ1) is 11.6. The molecule has 0 N–H and O–H groups in total. The maximum absolute atomic E-state index is 11.6. The number of amides is 1. The Labute approximate surface area is 110 Å². The summed E-state index contributed by atoms with van der Waals surface area (Å²) in [6, 6.07) is 9.95. The van der Waals surface area contributed by atoms with Crippen molar-refractivity contribution in [2.75, 3.05) is 11.4 Å². The number of aromatic nitrogens is 2. The van der Waals surface area contributed by atoms with Gasteiger partial charge in [-0.15, -0.1) is 0 Å². The summed E-state index contributed by atoms with van der Waals surface area (Å²) in [6.07, 6.45) is 3.42. The molecule has 5 heteroatoms. The lowest BCUT2D eigenvalue weighted by atomic mass is 10.2. The van der Waals surface area contributed by atoms with E-state index in [9.17, 15) is 9.59 Å². The lowest BCUT2D eigenvalue weighted by Crippen LogP contribution is -2.23. The molecule has 0 unspecified atom stereocenters. The van der Waals surface area contributed by atoms with E-state index in [1.165, 1.54) is 4.90 Å². The highest BCUT2D eigenvalue weighted by molar-refractivity contribution is 6.14. The van der Waals surface area contributed by atoms with Gasteiger partial charge in [0.05, 0.1) is 31.4 Å². The lowest BCUT2D eigenvalue weighted by molar-refractivity contribution is -0.121. The van der Waals surface area contributed by atoms with Crippen molar-refractivity contribution in [2.45, 2.75) is 13.0 Å². The van der Waals surface area contributed by atoms with Gasteiger partial charge >= 0.3 is 0 Å². The van der Waals surface area contributed by atoms with Crippen LogP contribution in [-0.4, -0.2) is 28.0 Å². The number of nitrogens with zero attached hydrogens (tertiary/aromatic N) is 3. The van der Waals surface area contributed by atoms with Crippen molar-refractivity contribution in [3.63, 3.8) is 0 Å². The van der Waals surface area contributed by atoms with Crippen molar-refractivity contribution >= 4 is 17.4 Å². The molecule has 1 fully saturated rings. The molecular weight excluding hydrogens is 242 g/mol. The van der Waals surface area contributed by atoms with Crippen LogP contribution in [0.3, 0.4) is 0 Å². The van der Waals surface area contributed by atoms with E-state index in [-0.39, 0.29) is 24.7 Å². The molecule has 0 atom stereocenters. The Hall–Kier alpha value is -2.43. The summed E-state index contributed by atoms with van der Waals surface area (Å²) in [4.78, 5) is 24.3. The molecule has 2 aromatic rings. The van der Waals surface area contributed by atoms with Crippen LogP contribution in [0.4, 0.5) is 5.69 Å². The molecule has 96 valence electrons. The molecule has 1 aliphatic heterocycles. The molecule has 1 aromatic carbocycles. The highest BCUT2D eigenvalue weighted by Gasteiger charge is 2.29. The average molecular weight is 255 g/mol. The molecular formula is C14H13N3O2. The zero-order chi connectivity index (χ0) is 13.2. The predicted molar refractivity (Wildman–Crippen MR) is 69.7 cm³/mol. The van der Waals surface area contributed by atoms with Crippen LogP contribution in [0.15, 0.2) is 42.7 Å². The topological polar surface area (TPSA) is 55.2 Å². The number of rotatable bonds is 3. The first-order valence-electron chi connectivity index (χ1n) is 6.11. The van der Waals surface area contributed by atoms with Crippen LogP contribution in [0.1, 0.15) is 12.0 Å². The molecule has 3 rings (SSSR count). The van der Waals surface area contributed by atoms with Gasteiger partial charge in [0, 0.05) is 6.20 Å². The summed E-state index contributed by atoms with van der Waals surface area (Å²) in [5, 5.41) is 4.23. The van der Waals surface area contributed by atoms with Gasteiger partial charge in [0.15, 0.2) is 5.78 Å². The average Bonchev–Trinajstić information content (AvgIpc) is 2.97. The quantitative estimate of drug-likeness (QED) is 0.775. The van der Waals surface area contributed by atoms with Crippen molar-refractivity contribution in [3.05, 3.63) is 48.3 Å². The third kappa shape index (κ3) is 2.40. The normalized spacial score (nSPS) is 15.3. The molecule has 0 radical (unpaired) electrons. The minimum Gasteiger partial charge on any atom is -0.302 e. The first-order chi connectivity index (χ1) is 9.22. The standard InChI is InChI=1S/C14H13N3O2/c18-13-6-14(19)17(10-13)12-7-15-16(9-12)8-11-4-2-1-3-5-11/h1-5,7,9H,6,8,10H2. The Bertz CT molecular complexity index is 619. The Morgan fingerprint density at radius 1 is 1.16 bits per heavy atom. The molecule has 1 aliphatic rings. The SMILES string of the molecule is O=C1CC(=O)N(c2cnn(Cc3ccccc3)c2)C1. The molecule has 0 aliphatic carbocycles. The van der Waals surface area contributed by atoms with Crippen LogP contribution in [0, 0.1) is 0 Å². The van der Waals surface area contributed by atoms with Gasteiger partial charge in [-0.25, -0.2) is 0 Å². The Morgan fingerprint density at radius 3 is 2.63 bits per heavy atom. The fourth-order valence-corrected chi connectivity index (χ4v) is 2.17. The second-order valence-electron chi connectivity index (χ2n) is 4.58. The van der Waals surface area contributed by atoms with Crippen LogP contribution in [0.2, 0.25) is 0 Å². The highest BCUT2D eigenvalue weighted by Crippen LogP contribution is 2.19. The third-order valence-corrected chi connectivity index (χ3v) is 3.10. The van der Waals surface area contributed by atoms with Crippen LogP contribution in [-0.2, 0) is 16.1 Å². The molecule has 1 saturated heterocycles. The van der Waals surface area contributed by atoms with Crippen molar-refractivity contribution in [2.24, 2.45) is 0 Å². The monoisotopic (exact) mass is 255 g/mol. The number of ketones is 1. The van der Waals surface area contributed by atoms with Crippen LogP contribution in [0.25, 0.3) is 0 Å². The number of hydrogen-bond acceptors (Lipinski definition) is 3. The summed E-state index contributed by atoms with van der Waals surface area (Å²) in [7, 11) is 0. The lowest BCUT2D eigenvalue weighted by Gasteiger charge is -2.10. The van der Waals surface area contributed by atoms with Crippen LogP contribution in [0.5, 0.6) is 0 Å². The van der Waals surface area contributed by atoms with Gasteiger partial charge in [0.1, 0.15) is 0 Å². The number of anilines is 1. The number of Topliss-reactive ketones (excluding diaryl/α,β-unsaturated/α-hetero) is 1. The van der Waals surface area contributed by atoms with Gasteiger partial charge < -0.3 is 4.90 Å². The maximum atomic E-state index is 11.6. The second-order valence-corrected chi connectivity index (χ2v) is 4.58. The first-order valence-corrected chi connectivity index (χ1v) is 6.11. The van der Waals surface area contributed by atoms with Crippen molar-refractivity contribution < 1.29 is 9.59 Å². The molecule has 2 heterocycles. The van der Waals surface area contributed by atoms with Gasteiger partial charge in [-0.3, -0.25) is 14.3 Å². The van der Waals surface area contributed by atoms with Crippen molar-refractivity contribution in [1.82, 2.24) is 9.78 Å². The number of carbonyl (C=O) groups excluding carboxylic acids is 2. The number of hydrogen-bond donors (Lipinski definition) is 0. The largest absolute Gasteiger partial charge is 0.302 e. The molecule has 5 nitrogen and oxygen atoms in total. The third-order valence-electron chi connectivity index (χ3n) is 3.10. The van der Waals surface area contributed by atoms with E-state index in [1.807, 2.05) is 30.3 Å². The molecule has 19 heavy (non-hydrogen) atoms. The zero-order valence-electron chi connectivity index (χ0n) is 10.3. The van der Waals surface area contributed by atoms with E-state index >= 15 is 0 Å². The summed E-state index contributed by atoms with van der Waals surface area (Å²) in [6.45, 7) is 0.812. The highest BCUT2D eigenvalue weighted by atomic mass is 16.2. The van der Waals surface area contributed by atoms with E-state index in [2.05, 4.69) is 5.10 Å². The van der Waals surface area contributed by atoms with E-state index in [0.717, 1.165) is 5.56 Å². The summed E-state index contributed by atoms with van der Waals surface area (Å²) >= 11 is 0. The summed E-state index contributed by atoms with van der Waals surface area (Å²) in [5.74, 6) is -0.190. The van der Waals surface area contributed by atoms with Gasteiger partial charge in [-0.2, -0.15) is 5.10 Å². The molecule has 0 spiro atoms. The molecule has 0 saturated carbocycles. The predicted octanol–water partition coefficient (Wildman–Crippen LogP) is 1.24. The minimum atomic E-state index is -0.149. The van der Waals surface area contributed by atoms with E-state index in [4.69, 9.17) is 0 Å². The molecule has 1 aromatic heterocycles. The fourth-order valence-electron chi connectivity index (χ4n) is 2.17. The van der Waals surface area contributed by atoms with Gasteiger partial charge in [-0.05, 0) is 5.56 Å². The number of benzene rings is 1. The summed E-state index contributed by atoms with van der Waals surface area (Å²) < 4.78 is 1.76. The maximum Gasteiger partial charge on any atom is 0.235 e. The van der Waals surface area contributed by atoms with Gasteiger partial charge in [0.25, 0.3) is 0 Å². The zero-order valence-corrected chi connectivity index (χ0v) is 10.3. The van der Waals surface area contributed by atoms with Crippen LogP contribution < -0.4 is 4.90 Å². The fraction of sp³-hybridized carbons (Fsp3) is 0.214. The Kier molecular flexibility index (Phi) is 2.87. The second kappa shape index (κ2) is 4.68. The van der Waals surface area contributed by atoms with Crippen molar-refractivity contribution in [1.29, 1.82) is 0 Å². The van der Waals surface area contributed by atoms with Gasteiger partial charge in [0.2, 0.25) is 5.91 Å². The van der Waals surface area contributed by atoms with E-state index < -0.39 is 0 Å². The Balaban J connectivity index is 1.77. The van der Waals surface area contributed by atoms with Crippen LogP contribution >= 0.6 is 0 Å². The van der Waals surface area contributed by atoms with Gasteiger partial charge in [-0.1, -0.05) is 30.3 Å². The summed E-state index contributed by atoms with van der Waals surface area (Å²) in [5.41, 5.74) is 1.83. The molecule has 0 bridgehead atoms.